The molecule has 0 N–H and O–H groups in total. The van der Waals surface area contributed by atoms with Crippen LogP contribution in [0.2, 0.25) is 5.02 Å². The van der Waals surface area contributed by atoms with Gasteiger partial charge in [-0.2, -0.15) is 5.10 Å². The molecule has 0 radical (unpaired) electrons. The van der Waals surface area contributed by atoms with Gasteiger partial charge in [0.1, 0.15) is 12.1 Å². The van der Waals surface area contributed by atoms with E-state index in [0.717, 1.165) is 41.2 Å². The second kappa shape index (κ2) is 6.28. The fourth-order valence-corrected chi connectivity index (χ4v) is 3.69. The predicted octanol–water partition coefficient (Wildman–Crippen LogP) is 3.39. The van der Waals surface area contributed by atoms with E-state index in [1.165, 1.54) is 0 Å². The van der Waals surface area contributed by atoms with Crippen LogP contribution in [0.1, 0.15) is 19.4 Å². The van der Waals surface area contributed by atoms with Crippen LogP contribution < -0.4 is 4.90 Å². The lowest BCUT2D eigenvalue weighted by atomic mass is 10.2. The second-order valence-corrected chi connectivity index (χ2v) is 7.02. The minimum atomic E-state index is 0.169. The van der Waals surface area contributed by atoms with Crippen molar-refractivity contribution in [3.8, 4) is 5.69 Å². The summed E-state index contributed by atoms with van der Waals surface area (Å²) in [7, 11) is 0. The molecule has 0 spiro atoms. The van der Waals surface area contributed by atoms with Gasteiger partial charge in [0, 0.05) is 18.1 Å². The van der Waals surface area contributed by atoms with Crippen molar-refractivity contribution < 1.29 is 4.74 Å². The molecule has 0 unspecified atom stereocenters. The fraction of sp³-hybridized carbons (Fsp3) is 0.389. The third-order valence-corrected chi connectivity index (χ3v) is 4.69. The predicted molar refractivity (Wildman–Crippen MR) is 98.6 cm³/mol. The number of hydrogen-bond acceptors (Lipinski definition) is 5. The number of anilines is 1. The van der Waals surface area contributed by atoms with Crippen molar-refractivity contribution in [1.29, 1.82) is 0 Å². The highest BCUT2D eigenvalue weighted by Crippen LogP contribution is 2.28. The van der Waals surface area contributed by atoms with Gasteiger partial charge in [0.15, 0.2) is 5.65 Å². The van der Waals surface area contributed by atoms with Gasteiger partial charge in [-0.25, -0.2) is 14.6 Å². The van der Waals surface area contributed by atoms with Gasteiger partial charge in [-0.15, -0.1) is 0 Å². The molecule has 0 bridgehead atoms. The number of rotatable bonds is 2. The van der Waals surface area contributed by atoms with Gasteiger partial charge >= 0.3 is 0 Å². The van der Waals surface area contributed by atoms with Crippen LogP contribution in [0, 0.1) is 6.92 Å². The molecule has 0 amide bonds. The molecule has 7 heteroatoms. The average Bonchev–Trinajstić information content (AvgIpc) is 2.98. The summed E-state index contributed by atoms with van der Waals surface area (Å²) >= 11 is 6.08. The molecule has 1 saturated heterocycles. The average molecular weight is 358 g/mol. The van der Waals surface area contributed by atoms with E-state index in [1.54, 1.807) is 6.33 Å². The van der Waals surface area contributed by atoms with Crippen molar-refractivity contribution in [3.05, 3.63) is 41.3 Å². The Kier molecular flexibility index (Phi) is 4.09. The summed E-state index contributed by atoms with van der Waals surface area (Å²) in [5.74, 6) is 0.907. The largest absolute Gasteiger partial charge is 0.372 e. The molecule has 25 heavy (non-hydrogen) atoms. The number of morpholine rings is 1. The first-order valence-corrected chi connectivity index (χ1v) is 8.76. The van der Waals surface area contributed by atoms with Gasteiger partial charge in [0.05, 0.1) is 29.5 Å². The number of aryl methyl sites for hydroxylation is 1. The maximum Gasteiger partial charge on any atom is 0.168 e. The molecular weight excluding hydrogens is 338 g/mol. The first kappa shape index (κ1) is 16.3. The molecule has 1 aliphatic heterocycles. The number of nitrogens with zero attached hydrogens (tertiary/aromatic N) is 5. The number of halogens is 1. The summed E-state index contributed by atoms with van der Waals surface area (Å²) in [4.78, 5) is 11.3. The lowest BCUT2D eigenvalue weighted by Gasteiger charge is -2.36. The van der Waals surface area contributed by atoms with E-state index in [-0.39, 0.29) is 12.2 Å². The number of hydrogen-bond donors (Lipinski definition) is 0. The fourth-order valence-electron chi connectivity index (χ4n) is 3.47. The third-order valence-electron chi connectivity index (χ3n) is 4.45. The molecule has 1 aliphatic rings. The van der Waals surface area contributed by atoms with Gasteiger partial charge in [-0.3, -0.25) is 0 Å². The van der Waals surface area contributed by atoms with Crippen LogP contribution in [0.4, 0.5) is 5.82 Å². The monoisotopic (exact) mass is 357 g/mol. The highest BCUT2D eigenvalue weighted by molar-refractivity contribution is 6.30. The Morgan fingerprint density at radius 2 is 1.92 bits per heavy atom. The lowest BCUT2D eigenvalue weighted by molar-refractivity contribution is -0.00537. The van der Waals surface area contributed by atoms with Crippen molar-refractivity contribution in [3.63, 3.8) is 0 Å². The Morgan fingerprint density at radius 1 is 1.16 bits per heavy atom. The van der Waals surface area contributed by atoms with Gasteiger partial charge in [-0.1, -0.05) is 11.6 Å². The van der Waals surface area contributed by atoms with Crippen molar-refractivity contribution in [2.45, 2.75) is 33.0 Å². The minimum Gasteiger partial charge on any atom is -0.372 e. The maximum absolute atomic E-state index is 6.08. The highest BCUT2D eigenvalue weighted by atomic mass is 35.5. The van der Waals surface area contributed by atoms with Crippen molar-refractivity contribution >= 4 is 28.5 Å². The summed E-state index contributed by atoms with van der Waals surface area (Å²) in [5, 5.41) is 6.22. The van der Waals surface area contributed by atoms with E-state index in [2.05, 4.69) is 33.8 Å². The second-order valence-electron chi connectivity index (χ2n) is 6.58. The smallest absolute Gasteiger partial charge is 0.168 e. The maximum atomic E-state index is 6.08. The molecule has 3 heterocycles. The van der Waals surface area contributed by atoms with Crippen molar-refractivity contribution in [2.75, 3.05) is 18.0 Å². The van der Waals surface area contributed by atoms with Crippen LogP contribution in [-0.2, 0) is 4.74 Å². The minimum absolute atomic E-state index is 0.169. The molecule has 0 saturated carbocycles. The summed E-state index contributed by atoms with van der Waals surface area (Å²) < 4.78 is 7.68. The van der Waals surface area contributed by atoms with E-state index in [9.17, 15) is 0 Å². The van der Waals surface area contributed by atoms with Crippen LogP contribution in [0.3, 0.4) is 0 Å². The Hall–Kier alpha value is -2.18. The lowest BCUT2D eigenvalue weighted by Crippen LogP contribution is -2.45. The number of ether oxygens (including phenoxy) is 1. The summed E-state index contributed by atoms with van der Waals surface area (Å²) in [6, 6.07) is 5.76. The first-order chi connectivity index (χ1) is 12.0. The molecule has 3 aromatic rings. The molecule has 0 aliphatic carbocycles. The Bertz CT molecular complexity index is 915. The Balaban J connectivity index is 1.81. The van der Waals surface area contributed by atoms with Crippen LogP contribution in [0.5, 0.6) is 0 Å². The summed E-state index contributed by atoms with van der Waals surface area (Å²) in [6.45, 7) is 7.80. The topological polar surface area (TPSA) is 56.1 Å². The Labute approximate surface area is 151 Å². The number of fused-ring (bicyclic) bond motifs is 1. The number of aromatic nitrogens is 4. The SMILES string of the molecule is Cc1cc(Cl)ccc1-n1ncc2c(N3C[C@H](C)O[C@@H](C)C3)ncnc21. The van der Waals surface area contributed by atoms with Gasteiger partial charge in [-0.05, 0) is 44.5 Å². The molecule has 1 aromatic carbocycles. The van der Waals surface area contributed by atoms with Crippen molar-refractivity contribution in [1.82, 2.24) is 19.7 Å². The molecule has 2 aromatic heterocycles. The zero-order valence-electron chi connectivity index (χ0n) is 14.5. The van der Waals surface area contributed by atoms with Crippen LogP contribution >= 0.6 is 11.6 Å². The standard InChI is InChI=1S/C18H20ClN5O/c1-11-6-14(19)4-5-16(11)24-18-15(7-22-24)17(20-10-21-18)23-8-12(2)25-13(3)9-23/h4-7,10,12-13H,8-9H2,1-3H3/t12-,13-/m0/s1. The molecule has 2 atom stereocenters. The molecule has 130 valence electrons. The van der Waals surface area contributed by atoms with Gasteiger partial charge in [0.2, 0.25) is 0 Å². The van der Waals surface area contributed by atoms with Gasteiger partial charge in [0.25, 0.3) is 0 Å². The van der Waals surface area contributed by atoms with E-state index < -0.39 is 0 Å². The number of benzene rings is 1. The third kappa shape index (κ3) is 2.96. The first-order valence-electron chi connectivity index (χ1n) is 8.38. The zero-order chi connectivity index (χ0) is 17.6. The normalized spacial score (nSPS) is 21.0. The molecule has 1 fully saturated rings. The summed E-state index contributed by atoms with van der Waals surface area (Å²) in [6.07, 6.45) is 3.78. The summed E-state index contributed by atoms with van der Waals surface area (Å²) in [5.41, 5.74) is 2.81. The zero-order valence-corrected chi connectivity index (χ0v) is 15.2. The van der Waals surface area contributed by atoms with Crippen molar-refractivity contribution in [2.24, 2.45) is 0 Å². The Morgan fingerprint density at radius 3 is 2.64 bits per heavy atom. The highest BCUT2D eigenvalue weighted by Gasteiger charge is 2.25. The van der Waals surface area contributed by atoms with Crippen LogP contribution in [0.15, 0.2) is 30.7 Å². The van der Waals surface area contributed by atoms with Crippen LogP contribution in [0.25, 0.3) is 16.7 Å². The van der Waals surface area contributed by atoms with E-state index in [1.807, 2.05) is 36.0 Å². The van der Waals surface area contributed by atoms with E-state index in [4.69, 9.17) is 16.3 Å². The van der Waals surface area contributed by atoms with E-state index in [0.29, 0.717) is 5.02 Å². The molecule has 4 rings (SSSR count). The quantitative estimate of drug-likeness (QED) is 0.703. The van der Waals surface area contributed by atoms with E-state index >= 15 is 0 Å². The van der Waals surface area contributed by atoms with Crippen LogP contribution in [-0.4, -0.2) is 45.0 Å². The molecular formula is C18H20ClN5O. The molecule has 6 nitrogen and oxygen atoms in total. The van der Waals surface area contributed by atoms with Gasteiger partial charge < -0.3 is 9.64 Å².